The summed E-state index contributed by atoms with van der Waals surface area (Å²) in [6.45, 7) is 4.72. The van der Waals surface area contributed by atoms with Crippen molar-refractivity contribution in [3.05, 3.63) is 40.1 Å². The van der Waals surface area contributed by atoms with Crippen LogP contribution in [0.4, 0.5) is 5.69 Å². The number of carbonyl (C=O) groups excluding carboxylic acids is 2. The second-order valence-corrected chi connectivity index (χ2v) is 5.22. The van der Waals surface area contributed by atoms with Crippen molar-refractivity contribution < 1.29 is 24.2 Å². The fourth-order valence-electron chi connectivity index (χ4n) is 1.59. The molecular formula is C16H18ClNO5. The van der Waals surface area contributed by atoms with E-state index in [4.69, 9.17) is 16.3 Å². The van der Waals surface area contributed by atoms with E-state index in [9.17, 15) is 14.7 Å². The van der Waals surface area contributed by atoms with E-state index < -0.39 is 11.9 Å². The average molecular weight is 340 g/mol. The van der Waals surface area contributed by atoms with Crippen LogP contribution in [0.1, 0.15) is 31.1 Å². The predicted octanol–water partition coefficient (Wildman–Crippen LogP) is 3.61. The lowest BCUT2D eigenvalue weighted by Crippen LogP contribution is -2.15. The Morgan fingerprint density at radius 1 is 1.35 bits per heavy atom. The summed E-state index contributed by atoms with van der Waals surface area (Å²) in [5.41, 5.74) is 0.309. The van der Waals surface area contributed by atoms with Crippen LogP contribution in [0.15, 0.2) is 34.5 Å². The van der Waals surface area contributed by atoms with Crippen molar-refractivity contribution in [1.29, 1.82) is 0 Å². The van der Waals surface area contributed by atoms with Gasteiger partial charge in [0, 0.05) is 6.21 Å². The number of ether oxygens (including phenoxy) is 2. The van der Waals surface area contributed by atoms with E-state index in [0.29, 0.717) is 0 Å². The minimum Gasteiger partial charge on any atom is -0.512 e. The molecule has 124 valence electrons. The first-order valence-electron chi connectivity index (χ1n) is 6.79. The van der Waals surface area contributed by atoms with E-state index >= 15 is 0 Å². The van der Waals surface area contributed by atoms with Gasteiger partial charge in [0.15, 0.2) is 0 Å². The Hall–Kier alpha value is -2.34. The number of hydrogen-bond acceptors (Lipinski definition) is 6. The third kappa shape index (κ3) is 5.10. The summed E-state index contributed by atoms with van der Waals surface area (Å²) in [5, 5.41) is 9.69. The largest absolute Gasteiger partial charge is 0.512 e. The minimum absolute atomic E-state index is 0.0859. The van der Waals surface area contributed by atoms with Crippen LogP contribution in [-0.4, -0.2) is 36.5 Å². The normalized spacial score (nSPS) is 12.3. The molecule has 0 fully saturated rings. The molecule has 0 saturated carbocycles. The summed E-state index contributed by atoms with van der Waals surface area (Å²) in [7, 11) is 1.24. The lowest BCUT2D eigenvalue weighted by molar-refractivity contribution is -0.142. The Balaban J connectivity index is 3.14. The molecule has 0 aliphatic carbocycles. The molecule has 1 aromatic carbocycles. The first kappa shape index (κ1) is 18.7. The van der Waals surface area contributed by atoms with Crippen LogP contribution in [-0.2, 0) is 14.3 Å². The van der Waals surface area contributed by atoms with Gasteiger partial charge in [-0.1, -0.05) is 17.7 Å². The van der Waals surface area contributed by atoms with Gasteiger partial charge >= 0.3 is 11.9 Å². The number of esters is 2. The number of benzene rings is 1. The van der Waals surface area contributed by atoms with Crippen LogP contribution in [0.5, 0.6) is 0 Å². The number of methoxy groups -OCH3 is 1. The maximum Gasteiger partial charge on any atom is 0.343 e. The van der Waals surface area contributed by atoms with Crippen molar-refractivity contribution in [1.82, 2.24) is 0 Å². The van der Waals surface area contributed by atoms with Crippen LogP contribution in [0.2, 0.25) is 5.02 Å². The third-order valence-electron chi connectivity index (χ3n) is 2.67. The molecular weight excluding hydrogens is 322 g/mol. The molecule has 0 amide bonds. The molecule has 1 aromatic rings. The summed E-state index contributed by atoms with van der Waals surface area (Å²) >= 11 is 6.10. The second-order valence-electron chi connectivity index (χ2n) is 4.84. The molecule has 0 unspecified atom stereocenters. The number of aliphatic imine (C=N–C) groups is 1. The van der Waals surface area contributed by atoms with Gasteiger partial charge in [0.25, 0.3) is 0 Å². The average Bonchev–Trinajstić information content (AvgIpc) is 2.47. The molecule has 7 heteroatoms. The highest BCUT2D eigenvalue weighted by molar-refractivity contribution is 6.36. The second kappa shape index (κ2) is 8.33. The van der Waals surface area contributed by atoms with E-state index in [2.05, 4.69) is 9.73 Å². The molecule has 1 N–H and O–H groups in total. The highest BCUT2D eigenvalue weighted by Gasteiger charge is 2.16. The number of carbonyl (C=O) groups is 2. The van der Waals surface area contributed by atoms with E-state index in [1.165, 1.54) is 20.1 Å². The summed E-state index contributed by atoms with van der Waals surface area (Å²) in [4.78, 5) is 27.5. The highest BCUT2D eigenvalue weighted by atomic mass is 35.5. The van der Waals surface area contributed by atoms with Gasteiger partial charge < -0.3 is 14.6 Å². The van der Waals surface area contributed by atoms with Gasteiger partial charge in [-0.2, -0.15) is 0 Å². The first-order valence-corrected chi connectivity index (χ1v) is 7.17. The van der Waals surface area contributed by atoms with Crippen molar-refractivity contribution >= 4 is 35.4 Å². The number of aliphatic hydroxyl groups is 1. The summed E-state index contributed by atoms with van der Waals surface area (Å²) in [6, 6.07) is 4.63. The molecule has 1 rings (SSSR count). The van der Waals surface area contributed by atoms with Crippen LogP contribution in [0.3, 0.4) is 0 Å². The standard InChI is InChI=1S/C16H18ClNO5/c1-9(2)23-16(21)12(10(3)19)8-18-13-7-5-6-11(14(13)17)15(20)22-4/h5-9,19H,1-4H3. The molecule has 6 nitrogen and oxygen atoms in total. The van der Waals surface area contributed by atoms with E-state index in [1.54, 1.807) is 26.0 Å². The molecule has 0 bridgehead atoms. The monoisotopic (exact) mass is 339 g/mol. The zero-order valence-corrected chi connectivity index (χ0v) is 14.0. The van der Waals surface area contributed by atoms with Gasteiger partial charge in [-0.05, 0) is 32.9 Å². The zero-order chi connectivity index (χ0) is 17.6. The van der Waals surface area contributed by atoms with Crippen molar-refractivity contribution in [3.8, 4) is 0 Å². The number of halogens is 1. The van der Waals surface area contributed by atoms with Gasteiger partial charge in [0.1, 0.15) is 11.3 Å². The maximum atomic E-state index is 11.9. The number of allylic oxidation sites excluding steroid dienone is 1. The fourth-order valence-corrected chi connectivity index (χ4v) is 1.84. The number of nitrogens with zero attached hydrogens (tertiary/aromatic N) is 1. The molecule has 23 heavy (non-hydrogen) atoms. The molecule has 0 aromatic heterocycles. The quantitative estimate of drug-likeness (QED) is 0.383. The first-order chi connectivity index (χ1) is 10.8. The molecule has 0 radical (unpaired) electrons. The van der Waals surface area contributed by atoms with Crippen molar-refractivity contribution in [3.63, 3.8) is 0 Å². The predicted molar refractivity (Wildman–Crippen MR) is 87.5 cm³/mol. The van der Waals surface area contributed by atoms with E-state index in [-0.39, 0.29) is 33.7 Å². The van der Waals surface area contributed by atoms with Gasteiger partial charge in [-0.25, -0.2) is 9.59 Å². The van der Waals surface area contributed by atoms with Gasteiger partial charge in [-0.3, -0.25) is 4.99 Å². The summed E-state index contributed by atoms with van der Waals surface area (Å²) in [5.74, 6) is -1.54. The Labute approximate surface area is 139 Å². The Morgan fingerprint density at radius 3 is 2.52 bits per heavy atom. The fraction of sp³-hybridized carbons (Fsp3) is 0.312. The number of aliphatic hydroxyl groups excluding tert-OH is 1. The SMILES string of the molecule is COC(=O)c1cccc(N=CC(C(=O)OC(C)C)=C(C)O)c1Cl. The summed E-state index contributed by atoms with van der Waals surface area (Å²) in [6.07, 6.45) is 0.805. The highest BCUT2D eigenvalue weighted by Crippen LogP contribution is 2.29. The topological polar surface area (TPSA) is 85.2 Å². The summed E-state index contributed by atoms with van der Waals surface area (Å²) < 4.78 is 9.64. The van der Waals surface area contributed by atoms with Gasteiger partial charge in [-0.15, -0.1) is 0 Å². The third-order valence-corrected chi connectivity index (χ3v) is 3.07. The van der Waals surface area contributed by atoms with Crippen LogP contribution >= 0.6 is 11.6 Å². The minimum atomic E-state index is -0.705. The Bertz CT molecular complexity index is 660. The van der Waals surface area contributed by atoms with Crippen molar-refractivity contribution in [2.24, 2.45) is 4.99 Å². The van der Waals surface area contributed by atoms with E-state index in [1.807, 2.05) is 0 Å². The molecule has 0 heterocycles. The smallest absolute Gasteiger partial charge is 0.343 e. The van der Waals surface area contributed by atoms with Crippen molar-refractivity contribution in [2.45, 2.75) is 26.9 Å². The van der Waals surface area contributed by atoms with Crippen LogP contribution in [0, 0.1) is 0 Å². The maximum absolute atomic E-state index is 11.9. The number of hydrogen-bond donors (Lipinski definition) is 1. The number of rotatable bonds is 5. The van der Waals surface area contributed by atoms with Crippen molar-refractivity contribution in [2.75, 3.05) is 7.11 Å². The Kier molecular flexibility index (Phi) is 6.78. The zero-order valence-electron chi connectivity index (χ0n) is 13.3. The molecule has 0 atom stereocenters. The van der Waals surface area contributed by atoms with Gasteiger partial charge in [0.05, 0.1) is 29.5 Å². The van der Waals surface area contributed by atoms with E-state index in [0.717, 1.165) is 6.21 Å². The Morgan fingerprint density at radius 2 is 2.00 bits per heavy atom. The molecule has 0 saturated heterocycles. The lowest BCUT2D eigenvalue weighted by atomic mass is 10.2. The van der Waals surface area contributed by atoms with Crippen LogP contribution in [0.25, 0.3) is 0 Å². The van der Waals surface area contributed by atoms with Crippen LogP contribution < -0.4 is 0 Å². The molecule has 0 spiro atoms. The van der Waals surface area contributed by atoms with Gasteiger partial charge in [0.2, 0.25) is 0 Å². The lowest BCUT2D eigenvalue weighted by Gasteiger charge is -2.09. The molecule has 0 aliphatic rings. The molecule has 0 aliphatic heterocycles.